The van der Waals surface area contributed by atoms with Crippen molar-refractivity contribution in [2.24, 2.45) is 10.9 Å². The molecule has 1 unspecified atom stereocenters. The van der Waals surface area contributed by atoms with E-state index in [0.717, 1.165) is 19.0 Å². The molecular weight excluding hydrogens is 346 g/mol. The molecule has 1 aliphatic rings. The van der Waals surface area contributed by atoms with Gasteiger partial charge in [0.15, 0.2) is 5.96 Å². The Morgan fingerprint density at radius 2 is 1.96 bits per heavy atom. The largest absolute Gasteiger partial charge is 0.389 e. The van der Waals surface area contributed by atoms with E-state index in [-0.39, 0.29) is 4.75 Å². The molecule has 0 heterocycles. The topological polar surface area (TPSA) is 65.9 Å². The van der Waals surface area contributed by atoms with Gasteiger partial charge in [0.05, 0.1) is 19.3 Å². The molecule has 6 heteroatoms. The summed E-state index contributed by atoms with van der Waals surface area (Å²) in [5, 5.41) is 16.5. The Labute approximate surface area is 162 Å². The Kier molecular flexibility index (Phi) is 8.75. The first-order valence-corrected chi connectivity index (χ1v) is 10.4. The fourth-order valence-corrected chi connectivity index (χ4v) is 3.68. The van der Waals surface area contributed by atoms with Gasteiger partial charge in [-0.2, -0.15) is 0 Å². The molecule has 146 valence electrons. The Morgan fingerprint density at radius 1 is 1.23 bits per heavy atom. The van der Waals surface area contributed by atoms with Crippen LogP contribution in [0, 0.1) is 5.92 Å². The normalized spacial score (nSPS) is 17.2. The number of nitrogens with one attached hydrogen (secondary N) is 2. The van der Waals surface area contributed by atoms with Gasteiger partial charge in [-0.05, 0) is 37.8 Å². The molecule has 0 radical (unpaired) electrons. The zero-order valence-corrected chi connectivity index (χ0v) is 17.0. The first kappa shape index (κ1) is 21.1. The zero-order chi connectivity index (χ0) is 18.8. The smallest absolute Gasteiger partial charge is 0.191 e. The van der Waals surface area contributed by atoms with Gasteiger partial charge in [-0.1, -0.05) is 32.0 Å². The zero-order valence-electron chi connectivity index (χ0n) is 16.2. The first-order chi connectivity index (χ1) is 12.5. The van der Waals surface area contributed by atoms with Gasteiger partial charge in [-0.25, -0.2) is 0 Å². The van der Waals surface area contributed by atoms with Crippen molar-refractivity contribution in [3.8, 4) is 0 Å². The standard InChI is InChI=1S/C20H33N3O2S/c1-4-21-19(22-12-17(24)14-25-13-16(2)3)23-15-20(10-11-20)26-18-8-6-5-7-9-18/h5-9,16-17,24H,4,10-15H2,1-3H3,(H2,21,22,23). The molecule has 0 aromatic heterocycles. The van der Waals surface area contributed by atoms with Crippen LogP contribution >= 0.6 is 11.8 Å². The second kappa shape index (κ2) is 10.8. The van der Waals surface area contributed by atoms with E-state index in [2.05, 4.69) is 48.7 Å². The molecular formula is C20H33N3O2S. The minimum absolute atomic E-state index is 0.225. The van der Waals surface area contributed by atoms with Gasteiger partial charge in [-0.3, -0.25) is 4.99 Å². The average Bonchev–Trinajstić information content (AvgIpc) is 3.37. The molecule has 1 fully saturated rings. The summed E-state index contributed by atoms with van der Waals surface area (Å²) < 4.78 is 5.71. The summed E-state index contributed by atoms with van der Waals surface area (Å²) in [6.07, 6.45) is 1.86. The summed E-state index contributed by atoms with van der Waals surface area (Å²) in [5.41, 5.74) is 0. The number of aliphatic imine (C=N–C) groups is 1. The van der Waals surface area contributed by atoms with E-state index >= 15 is 0 Å². The number of nitrogens with zero attached hydrogens (tertiary/aromatic N) is 1. The van der Waals surface area contributed by atoms with Crippen molar-refractivity contribution >= 4 is 17.7 Å². The van der Waals surface area contributed by atoms with Crippen molar-refractivity contribution in [1.82, 2.24) is 10.6 Å². The predicted molar refractivity (Wildman–Crippen MR) is 110 cm³/mol. The summed E-state index contributed by atoms with van der Waals surface area (Å²) in [7, 11) is 0. The summed E-state index contributed by atoms with van der Waals surface area (Å²) in [6.45, 7) is 9.27. The van der Waals surface area contributed by atoms with Crippen LogP contribution in [0.2, 0.25) is 0 Å². The Morgan fingerprint density at radius 3 is 2.58 bits per heavy atom. The fourth-order valence-electron chi connectivity index (χ4n) is 2.45. The van der Waals surface area contributed by atoms with E-state index < -0.39 is 6.10 Å². The molecule has 26 heavy (non-hydrogen) atoms. The highest BCUT2D eigenvalue weighted by Gasteiger charge is 2.43. The number of thioether (sulfide) groups is 1. The van der Waals surface area contributed by atoms with Crippen LogP contribution in [-0.4, -0.2) is 54.8 Å². The lowest BCUT2D eigenvalue weighted by atomic mass is 10.2. The summed E-state index contributed by atoms with van der Waals surface area (Å²) >= 11 is 1.92. The predicted octanol–water partition coefficient (Wildman–Crippen LogP) is 2.90. The molecule has 1 aliphatic carbocycles. The molecule has 0 aliphatic heterocycles. The number of ether oxygens (including phenoxy) is 1. The van der Waals surface area contributed by atoms with Crippen LogP contribution in [0.1, 0.15) is 33.6 Å². The molecule has 3 N–H and O–H groups in total. The van der Waals surface area contributed by atoms with Crippen molar-refractivity contribution in [2.75, 3.05) is 32.8 Å². The van der Waals surface area contributed by atoms with Gasteiger partial charge in [0, 0.05) is 29.3 Å². The lowest BCUT2D eigenvalue weighted by Crippen LogP contribution is -2.42. The van der Waals surface area contributed by atoms with Crippen LogP contribution in [0.25, 0.3) is 0 Å². The van der Waals surface area contributed by atoms with E-state index in [1.54, 1.807) is 0 Å². The quantitative estimate of drug-likeness (QED) is 0.407. The van der Waals surface area contributed by atoms with Crippen LogP contribution in [0.3, 0.4) is 0 Å². The minimum atomic E-state index is -0.536. The molecule has 1 atom stereocenters. The van der Waals surface area contributed by atoms with Crippen molar-refractivity contribution in [1.29, 1.82) is 0 Å². The Bertz CT molecular complexity index is 547. The van der Waals surface area contributed by atoms with Gasteiger partial charge >= 0.3 is 0 Å². The average molecular weight is 380 g/mol. The monoisotopic (exact) mass is 379 g/mol. The Hall–Kier alpha value is -1.24. The number of guanidine groups is 1. The number of aliphatic hydroxyl groups is 1. The minimum Gasteiger partial charge on any atom is -0.389 e. The van der Waals surface area contributed by atoms with Crippen molar-refractivity contribution in [3.05, 3.63) is 30.3 Å². The number of aliphatic hydroxyl groups excluding tert-OH is 1. The summed E-state index contributed by atoms with van der Waals surface area (Å²) in [4.78, 5) is 6.05. The van der Waals surface area contributed by atoms with Crippen LogP contribution in [0.4, 0.5) is 0 Å². The summed E-state index contributed by atoms with van der Waals surface area (Å²) in [6, 6.07) is 10.5. The van der Waals surface area contributed by atoms with Crippen molar-refractivity contribution in [2.45, 2.75) is 49.4 Å². The maximum Gasteiger partial charge on any atom is 0.191 e. The SMILES string of the molecule is CCNC(=NCC1(Sc2ccccc2)CC1)NCC(O)COCC(C)C. The lowest BCUT2D eigenvalue weighted by Gasteiger charge is -2.17. The number of hydrogen-bond donors (Lipinski definition) is 3. The van der Waals surface area contributed by atoms with Crippen LogP contribution in [-0.2, 0) is 4.74 Å². The van der Waals surface area contributed by atoms with Gasteiger partial charge in [0.2, 0.25) is 0 Å². The lowest BCUT2D eigenvalue weighted by molar-refractivity contribution is 0.0280. The molecule has 0 amide bonds. The highest BCUT2D eigenvalue weighted by Crippen LogP contribution is 2.51. The third-order valence-corrected chi connectivity index (χ3v) is 5.50. The van der Waals surface area contributed by atoms with Crippen molar-refractivity contribution in [3.63, 3.8) is 0 Å². The van der Waals surface area contributed by atoms with Crippen molar-refractivity contribution < 1.29 is 9.84 Å². The third kappa shape index (κ3) is 7.98. The van der Waals surface area contributed by atoms with E-state index in [0.29, 0.717) is 25.7 Å². The molecule has 0 saturated heterocycles. The maximum absolute atomic E-state index is 10.0. The molecule has 1 aromatic rings. The van der Waals surface area contributed by atoms with Crippen LogP contribution < -0.4 is 10.6 Å². The van der Waals surface area contributed by atoms with E-state index in [4.69, 9.17) is 9.73 Å². The van der Waals surface area contributed by atoms with Gasteiger partial charge in [-0.15, -0.1) is 11.8 Å². The van der Waals surface area contributed by atoms with Gasteiger partial charge in [0.25, 0.3) is 0 Å². The van der Waals surface area contributed by atoms with Crippen LogP contribution in [0.5, 0.6) is 0 Å². The number of benzene rings is 1. The highest BCUT2D eigenvalue weighted by atomic mass is 32.2. The third-order valence-electron chi connectivity index (χ3n) is 4.02. The maximum atomic E-state index is 10.0. The van der Waals surface area contributed by atoms with Crippen LogP contribution in [0.15, 0.2) is 40.2 Å². The second-order valence-electron chi connectivity index (χ2n) is 7.26. The van der Waals surface area contributed by atoms with E-state index in [1.165, 1.54) is 17.7 Å². The summed E-state index contributed by atoms with van der Waals surface area (Å²) in [5.74, 6) is 1.24. The van der Waals surface area contributed by atoms with E-state index in [1.807, 2.05) is 24.8 Å². The molecule has 2 rings (SSSR count). The molecule has 1 aromatic carbocycles. The first-order valence-electron chi connectivity index (χ1n) is 9.55. The Balaban J connectivity index is 1.78. The second-order valence-corrected chi connectivity index (χ2v) is 8.80. The fraction of sp³-hybridized carbons (Fsp3) is 0.650. The molecule has 0 spiro atoms. The van der Waals surface area contributed by atoms with Gasteiger partial charge in [0.1, 0.15) is 0 Å². The molecule has 5 nitrogen and oxygen atoms in total. The van der Waals surface area contributed by atoms with Gasteiger partial charge < -0.3 is 20.5 Å². The highest BCUT2D eigenvalue weighted by molar-refractivity contribution is 8.01. The molecule has 1 saturated carbocycles. The van der Waals surface area contributed by atoms with E-state index in [9.17, 15) is 5.11 Å². The molecule has 0 bridgehead atoms. The number of hydrogen-bond acceptors (Lipinski definition) is 4. The number of rotatable bonds is 11.